The highest BCUT2D eigenvalue weighted by Crippen LogP contribution is 2.32. The maximum Gasteiger partial charge on any atom is 0.348 e. The molecule has 4 rings (SSSR count). The molecule has 0 saturated carbocycles. The molecule has 0 amide bonds. The Hall–Kier alpha value is -5.02. The Morgan fingerprint density at radius 1 is 0.787 bits per heavy atom. The number of carboxylic acids is 2. The van der Waals surface area contributed by atoms with E-state index in [2.05, 4.69) is 16.5 Å². The van der Waals surface area contributed by atoms with Gasteiger partial charge >= 0.3 is 11.9 Å². The summed E-state index contributed by atoms with van der Waals surface area (Å²) >= 11 is 0. The normalized spacial score (nSPS) is 13.8. The van der Waals surface area contributed by atoms with Crippen LogP contribution in [0.4, 0.5) is 5.69 Å². The topological polar surface area (TPSA) is 242 Å². The number of aromatic nitrogens is 2. The Labute approximate surface area is 273 Å². The molecule has 8 N–H and O–H groups in total. The van der Waals surface area contributed by atoms with Gasteiger partial charge in [0.2, 0.25) is 11.6 Å². The summed E-state index contributed by atoms with van der Waals surface area (Å²) in [6.45, 7) is 6.40. The third-order valence-corrected chi connectivity index (χ3v) is 8.47. The van der Waals surface area contributed by atoms with Crippen LogP contribution in [0.2, 0.25) is 0 Å². The lowest BCUT2D eigenvalue weighted by atomic mass is 9.73. The number of rotatable bonds is 12. The van der Waals surface area contributed by atoms with Crippen molar-refractivity contribution >= 4 is 40.0 Å². The first-order valence-electron chi connectivity index (χ1n) is 14.0. The van der Waals surface area contributed by atoms with Crippen molar-refractivity contribution in [2.75, 3.05) is 5.73 Å². The lowest BCUT2D eigenvalue weighted by Gasteiger charge is -2.34. The second kappa shape index (κ2) is 16.0. The van der Waals surface area contributed by atoms with E-state index in [1.807, 2.05) is 12.1 Å². The summed E-state index contributed by atoms with van der Waals surface area (Å²) in [4.78, 5) is 54.0. The number of imidazole rings is 1. The first-order chi connectivity index (χ1) is 21.7. The second-order valence-electron chi connectivity index (χ2n) is 10.6. The molecule has 4 aromatic rings. The van der Waals surface area contributed by atoms with E-state index in [-0.39, 0.29) is 16.6 Å². The molecule has 3 aromatic carbocycles. The van der Waals surface area contributed by atoms with Gasteiger partial charge in [0.1, 0.15) is 0 Å². The number of benzene rings is 3. The minimum Gasteiger partial charge on any atom is -0.479 e. The average molecular weight is 668 g/mol. The van der Waals surface area contributed by atoms with Gasteiger partial charge in [0.25, 0.3) is 11.2 Å². The zero-order chi connectivity index (χ0) is 34.2. The summed E-state index contributed by atoms with van der Waals surface area (Å²) < 4.78 is 14.3. The highest BCUT2D eigenvalue weighted by atomic mass is 32.2. The van der Waals surface area contributed by atoms with E-state index >= 15 is 0 Å². The quantitative estimate of drug-likeness (QED) is 0.0834. The molecule has 0 aliphatic rings. The number of nitrogen functional groups attached to an aromatic ring is 1. The molecule has 1 heterocycles. The standard InChI is InChI=1S/C20H18O8.C13H17N3OS.H2O/c1-11-3-7-13(8-4-11)15(21)19(27,17(23)24)20(28,18(25)26)16(22)14-9-5-12(2)6-10-14;1-2-7-16-10-15-8-12(16)9-18(17)13-5-3-11(14)4-6-13;/h3-10,27-28H,1-2H3,(H,23,24)(H,25,26);3-6,8,10H,2,7,9,14H2,1H3;1H2/t19-,20-;;/m1../s1. The van der Waals surface area contributed by atoms with Gasteiger partial charge in [-0.1, -0.05) is 66.6 Å². The van der Waals surface area contributed by atoms with Crippen molar-refractivity contribution in [1.82, 2.24) is 9.55 Å². The van der Waals surface area contributed by atoms with Gasteiger partial charge in [-0.05, 0) is 44.5 Å². The Morgan fingerprint density at radius 2 is 1.21 bits per heavy atom. The van der Waals surface area contributed by atoms with Crippen LogP contribution in [0.1, 0.15) is 50.9 Å². The first-order valence-corrected chi connectivity index (χ1v) is 15.4. The molecule has 13 nitrogen and oxygen atoms in total. The molecular weight excluding hydrogens is 630 g/mol. The lowest BCUT2D eigenvalue weighted by molar-refractivity contribution is -0.187. The van der Waals surface area contributed by atoms with E-state index in [0.717, 1.165) is 47.8 Å². The largest absolute Gasteiger partial charge is 0.479 e. The number of hydrogen-bond donors (Lipinski definition) is 5. The van der Waals surface area contributed by atoms with Gasteiger partial charge in [0, 0.05) is 34.5 Å². The minimum absolute atomic E-state index is 0. The Morgan fingerprint density at radius 3 is 1.60 bits per heavy atom. The van der Waals surface area contributed by atoms with Crippen LogP contribution in [0.3, 0.4) is 0 Å². The van der Waals surface area contributed by atoms with Crippen LogP contribution in [-0.2, 0) is 32.7 Å². The van der Waals surface area contributed by atoms with Gasteiger partial charge in [0.15, 0.2) is 0 Å². The number of nitrogens with two attached hydrogens (primary N) is 1. The van der Waals surface area contributed by atoms with Crippen LogP contribution in [0, 0.1) is 13.8 Å². The zero-order valence-electron chi connectivity index (χ0n) is 25.9. The van der Waals surface area contributed by atoms with Crippen LogP contribution in [0.15, 0.2) is 90.2 Å². The number of carbonyl (C=O) groups is 4. The van der Waals surface area contributed by atoms with Crippen molar-refractivity contribution in [3.8, 4) is 0 Å². The van der Waals surface area contributed by atoms with E-state index < -0.39 is 45.5 Å². The molecule has 0 spiro atoms. The molecule has 0 saturated heterocycles. The summed E-state index contributed by atoms with van der Waals surface area (Å²) in [6, 6.07) is 17.5. The van der Waals surface area contributed by atoms with Gasteiger partial charge in [-0.2, -0.15) is 0 Å². The van der Waals surface area contributed by atoms with E-state index in [1.165, 1.54) is 24.3 Å². The number of carbonyl (C=O) groups excluding carboxylic acids is 2. The molecule has 0 aliphatic carbocycles. The van der Waals surface area contributed by atoms with Crippen LogP contribution in [0.5, 0.6) is 0 Å². The number of hydrogen-bond acceptors (Lipinski definition) is 9. The minimum atomic E-state index is -3.96. The molecule has 1 unspecified atom stereocenters. The van der Waals surface area contributed by atoms with Crippen LogP contribution < -0.4 is 5.73 Å². The fraction of sp³-hybridized carbons (Fsp3) is 0.242. The number of ketones is 2. The average Bonchev–Trinajstić information content (AvgIpc) is 3.47. The second-order valence-corrected chi connectivity index (χ2v) is 12.0. The summed E-state index contributed by atoms with van der Waals surface area (Å²) in [5, 5.41) is 40.3. The summed E-state index contributed by atoms with van der Waals surface area (Å²) in [5.41, 5.74) is 0.0333. The maximum absolute atomic E-state index is 12.8. The molecule has 47 heavy (non-hydrogen) atoms. The number of anilines is 1. The Kier molecular flexibility index (Phi) is 13.0. The van der Waals surface area contributed by atoms with Crippen LogP contribution >= 0.6 is 0 Å². The predicted molar refractivity (Wildman–Crippen MR) is 173 cm³/mol. The number of aliphatic hydroxyl groups is 2. The summed E-state index contributed by atoms with van der Waals surface area (Å²) in [6.07, 6.45) is 4.61. The van der Waals surface area contributed by atoms with E-state index in [9.17, 15) is 43.8 Å². The summed E-state index contributed by atoms with van der Waals surface area (Å²) in [5.74, 6) is -7.52. The van der Waals surface area contributed by atoms with Crippen molar-refractivity contribution in [2.24, 2.45) is 0 Å². The van der Waals surface area contributed by atoms with Crippen molar-refractivity contribution in [3.63, 3.8) is 0 Å². The third-order valence-electron chi connectivity index (χ3n) is 7.11. The van der Waals surface area contributed by atoms with Gasteiger partial charge in [-0.25, -0.2) is 14.6 Å². The number of carboxylic acid groups (broad SMARTS) is 2. The molecule has 14 heteroatoms. The SMILES string of the molecule is CCCn1cncc1CS(=O)c1ccc(N)cc1.Cc1ccc(C(=O)[C@@](O)(C(=O)O)[C@](O)(C(=O)O)C(=O)c2ccc(C)cc2)cc1.O. The molecule has 3 atom stereocenters. The zero-order valence-corrected chi connectivity index (χ0v) is 26.7. The molecule has 1 aromatic heterocycles. The van der Waals surface area contributed by atoms with E-state index in [1.54, 1.807) is 38.5 Å². The predicted octanol–water partition coefficient (Wildman–Crippen LogP) is 2.36. The number of aryl methyl sites for hydroxylation is 3. The number of aliphatic carboxylic acids is 2. The van der Waals surface area contributed by atoms with Gasteiger partial charge in [-0.3, -0.25) is 13.8 Å². The monoisotopic (exact) mass is 667 g/mol. The molecule has 250 valence electrons. The fourth-order valence-corrected chi connectivity index (χ4v) is 5.52. The lowest BCUT2D eigenvalue weighted by Crippen LogP contribution is -2.71. The van der Waals surface area contributed by atoms with Gasteiger partial charge < -0.3 is 36.2 Å². The molecular formula is C33H37N3O10S. The Balaban J connectivity index is 0.000000349. The molecule has 0 fully saturated rings. The van der Waals surface area contributed by atoms with Crippen LogP contribution in [0.25, 0.3) is 0 Å². The van der Waals surface area contributed by atoms with Gasteiger partial charge in [0.05, 0.1) is 28.6 Å². The maximum atomic E-state index is 12.8. The first kappa shape index (κ1) is 38.2. The van der Waals surface area contributed by atoms with Crippen molar-refractivity contribution in [2.45, 2.75) is 55.6 Å². The van der Waals surface area contributed by atoms with Crippen molar-refractivity contribution in [1.29, 1.82) is 0 Å². The molecule has 0 bridgehead atoms. The number of nitrogens with zero attached hydrogens (tertiary/aromatic N) is 2. The highest BCUT2D eigenvalue weighted by Gasteiger charge is 2.69. The third kappa shape index (κ3) is 8.23. The molecule has 0 radical (unpaired) electrons. The summed E-state index contributed by atoms with van der Waals surface area (Å²) in [7, 11) is -1.05. The van der Waals surface area contributed by atoms with E-state index in [0.29, 0.717) is 22.6 Å². The number of Topliss-reactive ketones (excluding diaryl/α,β-unsaturated/α-hetero) is 2. The van der Waals surface area contributed by atoms with Crippen LogP contribution in [-0.4, -0.2) is 74.4 Å². The van der Waals surface area contributed by atoms with Gasteiger partial charge in [-0.15, -0.1) is 0 Å². The molecule has 0 aliphatic heterocycles. The van der Waals surface area contributed by atoms with Crippen molar-refractivity contribution in [3.05, 3.63) is 113 Å². The smallest absolute Gasteiger partial charge is 0.348 e. The highest BCUT2D eigenvalue weighted by molar-refractivity contribution is 7.84. The van der Waals surface area contributed by atoms with Crippen molar-refractivity contribution < 1.29 is 49.3 Å². The fourth-order valence-electron chi connectivity index (χ4n) is 4.41. The van der Waals surface area contributed by atoms with E-state index in [4.69, 9.17) is 5.73 Å². The Bertz CT molecular complexity index is 1660.